The highest BCUT2D eigenvalue weighted by atomic mass is 79.9. The van der Waals surface area contributed by atoms with Crippen LogP contribution in [-0.4, -0.2) is 24.2 Å². The predicted molar refractivity (Wildman–Crippen MR) is 105 cm³/mol. The van der Waals surface area contributed by atoms with Crippen LogP contribution in [0.25, 0.3) is 10.2 Å². The van der Waals surface area contributed by atoms with Gasteiger partial charge in [-0.2, -0.15) is 4.99 Å². The molecule has 0 saturated heterocycles. The fourth-order valence-electron chi connectivity index (χ4n) is 2.78. The summed E-state index contributed by atoms with van der Waals surface area (Å²) in [4.78, 5) is 17.8. The average Bonchev–Trinajstić information content (AvgIpc) is 2.88. The van der Waals surface area contributed by atoms with Gasteiger partial charge in [-0.25, -0.2) is 0 Å². The summed E-state index contributed by atoms with van der Waals surface area (Å²) in [7, 11) is 1.67. The second-order valence-electron chi connectivity index (χ2n) is 5.93. The van der Waals surface area contributed by atoms with E-state index in [1.165, 1.54) is 11.3 Å². The average molecular weight is 419 g/mol. The molecule has 2 aromatic carbocycles. The van der Waals surface area contributed by atoms with E-state index < -0.39 is 0 Å². The number of amides is 1. The van der Waals surface area contributed by atoms with Crippen LogP contribution in [0.3, 0.4) is 0 Å². The summed E-state index contributed by atoms with van der Waals surface area (Å²) >= 11 is 5.01. The van der Waals surface area contributed by atoms with Gasteiger partial charge in [0.15, 0.2) is 4.80 Å². The van der Waals surface area contributed by atoms with E-state index in [2.05, 4.69) is 20.9 Å². The smallest absolute Gasteiger partial charge is 0.279 e. The van der Waals surface area contributed by atoms with Crippen molar-refractivity contribution in [1.82, 2.24) is 4.57 Å². The number of carbonyl (C=O) groups excluding carboxylic acids is 1. The summed E-state index contributed by atoms with van der Waals surface area (Å²) in [6.45, 7) is 5.18. The molecule has 1 aromatic heterocycles. The number of hydrogen-bond donors (Lipinski definition) is 0. The molecule has 0 N–H and O–H groups in total. The summed E-state index contributed by atoms with van der Waals surface area (Å²) in [6.07, 6.45) is 0. The van der Waals surface area contributed by atoms with E-state index in [1.807, 2.05) is 54.8 Å². The molecule has 0 aliphatic heterocycles. The summed E-state index contributed by atoms with van der Waals surface area (Å²) < 4.78 is 9.34. The Morgan fingerprint density at radius 3 is 2.60 bits per heavy atom. The van der Waals surface area contributed by atoms with Crippen molar-refractivity contribution in [2.75, 3.05) is 13.7 Å². The first-order valence-electron chi connectivity index (χ1n) is 7.93. The number of carbonyl (C=O) groups is 1. The highest BCUT2D eigenvalue weighted by molar-refractivity contribution is 9.10. The number of hydrogen-bond acceptors (Lipinski definition) is 3. The Kier molecular flexibility index (Phi) is 5.51. The van der Waals surface area contributed by atoms with E-state index in [1.54, 1.807) is 7.11 Å². The third-order valence-corrected chi connectivity index (χ3v) is 5.36. The van der Waals surface area contributed by atoms with Gasteiger partial charge in [0.1, 0.15) is 0 Å². The maximum atomic E-state index is 12.7. The molecule has 0 spiro atoms. The highest BCUT2D eigenvalue weighted by Gasteiger charge is 2.10. The van der Waals surface area contributed by atoms with E-state index in [9.17, 15) is 4.79 Å². The van der Waals surface area contributed by atoms with Gasteiger partial charge in [-0.1, -0.05) is 44.5 Å². The first-order valence-corrected chi connectivity index (χ1v) is 9.54. The third-order valence-electron chi connectivity index (χ3n) is 3.83. The molecule has 1 amide bonds. The minimum absolute atomic E-state index is 0.219. The van der Waals surface area contributed by atoms with Gasteiger partial charge in [0.05, 0.1) is 16.8 Å². The monoisotopic (exact) mass is 418 g/mol. The zero-order valence-corrected chi connectivity index (χ0v) is 16.8. The van der Waals surface area contributed by atoms with Crippen LogP contribution in [0, 0.1) is 13.8 Å². The Bertz CT molecular complexity index is 984. The predicted octanol–water partition coefficient (Wildman–Crippen LogP) is 4.47. The molecule has 0 fully saturated rings. The number of thiazole rings is 1. The molecule has 0 saturated carbocycles. The number of halogens is 1. The van der Waals surface area contributed by atoms with Crippen LogP contribution in [0.15, 0.2) is 45.9 Å². The van der Waals surface area contributed by atoms with Crippen molar-refractivity contribution in [1.29, 1.82) is 0 Å². The molecule has 25 heavy (non-hydrogen) atoms. The van der Waals surface area contributed by atoms with Crippen LogP contribution in [-0.2, 0) is 11.3 Å². The normalized spacial score (nSPS) is 12.1. The number of benzene rings is 2. The van der Waals surface area contributed by atoms with Crippen molar-refractivity contribution in [3.05, 3.63) is 62.4 Å². The van der Waals surface area contributed by atoms with Crippen LogP contribution in [0.2, 0.25) is 0 Å². The maximum absolute atomic E-state index is 12.7. The van der Waals surface area contributed by atoms with Crippen molar-refractivity contribution in [2.24, 2.45) is 4.99 Å². The first kappa shape index (κ1) is 18.0. The minimum atomic E-state index is -0.219. The van der Waals surface area contributed by atoms with Gasteiger partial charge >= 0.3 is 0 Å². The van der Waals surface area contributed by atoms with Crippen LogP contribution in [0.5, 0.6) is 0 Å². The van der Waals surface area contributed by atoms with Crippen molar-refractivity contribution in [2.45, 2.75) is 20.4 Å². The van der Waals surface area contributed by atoms with E-state index in [4.69, 9.17) is 4.74 Å². The Labute approximate surface area is 158 Å². The molecule has 6 heteroatoms. The van der Waals surface area contributed by atoms with E-state index >= 15 is 0 Å². The fraction of sp³-hybridized carbons (Fsp3) is 0.263. The van der Waals surface area contributed by atoms with Crippen LogP contribution in [0.1, 0.15) is 21.5 Å². The number of fused-ring (bicyclic) bond motifs is 1. The molecular formula is C19H19BrN2O2S. The van der Waals surface area contributed by atoms with Crippen LogP contribution in [0.4, 0.5) is 0 Å². The van der Waals surface area contributed by atoms with Crippen molar-refractivity contribution in [3.63, 3.8) is 0 Å². The fourth-order valence-corrected chi connectivity index (χ4v) is 4.39. The molecule has 0 aliphatic rings. The number of methoxy groups -OCH3 is 1. The standard InChI is InChI=1S/C19H19BrN2O2S/c1-12-8-13(2)10-14(9-12)18(23)21-19-22(6-7-24-3)16-5-4-15(20)11-17(16)25-19/h4-5,8-11H,6-7H2,1-3H3. The lowest BCUT2D eigenvalue weighted by atomic mass is 10.1. The summed E-state index contributed by atoms with van der Waals surface area (Å²) in [5.74, 6) is -0.219. The number of ether oxygens (including phenoxy) is 1. The molecule has 0 bridgehead atoms. The molecule has 0 unspecified atom stereocenters. The molecule has 1 heterocycles. The van der Waals surface area contributed by atoms with Gasteiger partial charge in [0, 0.05) is 23.7 Å². The SMILES string of the molecule is COCCn1c(=NC(=O)c2cc(C)cc(C)c2)sc2cc(Br)ccc21. The Morgan fingerprint density at radius 1 is 1.20 bits per heavy atom. The van der Waals surface area contributed by atoms with Gasteiger partial charge in [-0.15, -0.1) is 0 Å². The minimum Gasteiger partial charge on any atom is -0.383 e. The van der Waals surface area contributed by atoms with Gasteiger partial charge in [0.25, 0.3) is 5.91 Å². The Balaban J connectivity index is 2.12. The topological polar surface area (TPSA) is 43.6 Å². The Hall–Kier alpha value is -1.76. The zero-order chi connectivity index (χ0) is 18.0. The first-order chi connectivity index (χ1) is 12.0. The van der Waals surface area contributed by atoms with Gasteiger partial charge in [-0.05, 0) is 44.2 Å². The van der Waals surface area contributed by atoms with Crippen LogP contribution >= 0.6 is 27.3 Å². The summed E-state index contributed by atoms with van der Waals surface area (Å²) in [5.41, 5.74) is 3.80. The second kappa shape index (κ2) is 7.64. The van der Waals surface area contributed by atoms with Gasteiger partial charge in [-0.3, -0.25) is 4.79 Å². The van der Waals surface area contributed by atoms with Crippen LogP contribution < -0.4 is 4.80 Å². The maximum Gasteiger partial charge on any atom is 0.279 e. The molecule has 3 rings (SSSR count). The van der Waals surface area contributed by atoms with E-state index in [0.29, 0.717) is 23.5 Å². The molecule has 0 aliphatic carbocycles. The zero-order valence-electron chi connectivity index (χ0n) is 14.4. The number of aryl methyl sites for hydroxylation is 2. The third kappa shape index (κ3) is 4.08. The van der Waals surface area contributed by atoms with E-state index in [-0.39, 0.29) is 5.91 Å². The molecule has 4 nitrogen and oxygen atoms in total. The second-order valence-corrected chi connectivity index (χ2v) is 7.86. The highest BCUT2D eigenvalue weighted by Crippen LogP contribution is 2.22. The van der Waals surface area contributed by atoms with Gasteiger partial charge < -0.3 is 9.30 Å². The van der Waals surface area contributed by atoms with Crippen molar-refractivity contribution >= 4 is 43.4 Å². The van der Waals surface area contributed by atoms with Gasteiger partial charge in [0.2, 0.25) is 0 Å². The van der Waals surface area contributed by atoms with Crippen molar-refractivity contribution in [3.8, 4) is 0 Å². The quantitative estimate of drug-likeness (QED) is 0.627. The Morgan fingerprint density at radius 2 is 1.92 bits per heavy atom. The molecule has 0 radical (unpaired) electrons. The molecule has 3 aromatic rings. The molecule has 0 atom stereocenters. The van der Waals surface area contributed by atoms with Crippen molar-refractivity contribution < 1.29 is 9.53 Å². The largest absolute Gasteiger partial charge is 0.383 e. The lowest BCUT2D eigenvalue weighted by Crippen LogP contribution is -2.19. The van der Waals surface area contributed by atoms with E-state index in [0.717, 1.165) is 25.8 Å². The molecular weight excluding hydrogens is 400 g/mol. The summed E-state index contributed by atoms with van der Waals surface area (Å²) in [5, 5.41) is 0. The lowest BCUT2D eigenvalue weighted by Gasteiger charge is -2.04. The lowest BCUT2D eigenvalue weighted by molar-refractivity contribution is 0.0997. The summed E-state index contributed by atoms with van der Waals surface area (Å²) in [6, 6.07) is 11.9. The number of nitrogens with zero attached hydrogens (tertiary/aromatic N) is 2. The number of aromatic nitrogens is 1. The number of rotatable bonds is 4. The molecule has 130 valence electrons.